The summed E-state index contributed by atoms with van der Waals surface area (Å²) >= 11 is 2.91. The van der Waals surface area contributed by atoms with Gasteiger partial charge in [0, 0.05) is 17.8 Å². The van der Waals surface area contributed by atoms with Crippen molar-refractivity contribution in [3.63, 3.8) is 0 Å². The second kappa shape index (κ2) is 7.40. The molecule has 1 N–H and O–H groups in total. The number of anilines is 1. The molecule has 2 aromatic heterocycles. The van der Waals surface area contributed by atoms with Crippen LogP contribution in [0.2, 0.25) is 0 Å². The van der Waals surface area contributed by atoms with Crippen LogP contribution < -0.4 is 5.32 Å². The smallest absolute Gasteiger partial charge is 0.237 e. The van der Waals surface area contributed by atoms with Crippen molar-refractivity contribution in [2.24, 2.45) is 0 Å². The average molecular weight is 406 g/mol. The van der Waals surface area contributed by atoms with Crippen LogP contribution in [-0.4, -0.2) is 25.9 Å². The first-order chi connectivity index (χ1) is 13.0. The molecule has 27 heavy (non-hydrogen) atoms. The minimum Gasteiger partial charge on any atom is -0.325 e. The van der Waals surface area contributed by atoms with E-state index in [0.29, 0.717) is 11.2 Å². The lowest BCUT2D eigenvalue weighted by Crippen LogP contribution is -2.23. The molecule has 1 atom stereocenters. The molecular weight excluding hydrogens is 390 g/mol. The van der Waals surface area contributed by atoms with Gasteiger partial charge in [0.1, 0.15) is 0 Å². The van der Waals surface area contributed by atoms with Crippen LogP contribution in [0.3, 0.4) is 0 Å². The lowest BCUT2D eigenvalue weighted by molar-refractivity contribution is -0.115. The number of carbonyl (C=O) groups excluding carboxylic acids is 1. The fourth-order valence-electron chi connectivity index (χ4n) is 2.62. The quantitative estimate of drug-likeness (QED) is 0.601. The third-order valence-electron chi connectivity index (χ3n) is 4.16. The standard InChI is InChI=1S/C18H16F2N4OS2/c1-10(17(25)21-11-4-7-13(19)14(20)9-11)27-18-23-22-16(15-3-2-8-26-15)24(18)12-5-6-12/h2-4,7-10,12H,5-6H2,1H3,(H,21,25)/t10-/m0/s1. The first-order valence-corrected chi connectivity index (χ1v) is 10.2. The van der Waals surface area contributed by atoms with Crippen LogP contribution in [-0.2, 0) is 4.79 Å². The van der Waals surface area contributed by atoms with Gasteiger partial charge in [-0.25, -0.2) is 8.78 Å². The van der Waals surface area contributed by atoms with Crippen molar-refractivity contribution in [3.8, 4) is 10.7 Å². The third-order valence-corrected chi connectivity index (χ3v) is 6.08. The summed E-state index contributed by atoms with van der Waals surface area (Å²) in [5.41, 5.74) is 0.217. The van der Waals surface area contributed by atoms with Gasteiger partial charge in [0.05, 0.1) is 10.1 Å². The fraction of sp³-hybridized carbons (Fsp3) is 0.278. The maximum Gasteiger partial charge on any atom is 0.237 e. The van der Waals surface area contributed by atoms with E-state index in [4.69, 9.17) is 0 Å². The molecule has 140 valence electrons. The molecule has 9 heteroatoms. The van der Waals surface area contributed by atoms with Crippen LogP contribution in [0.5, 0.6) is 0 Å². The van der Waals surface area contributed by atoms with Gasteiger partial charge in [-0.05, 0) is 43.3 Å². The first-order valence-electron chi connectivity index (χ1n) is 8.44. The first kappa shape index (κ1) is 18.1. The average Bonchev–Trinajstić information content (AvgIpc) is 3.17. The molecule has 3 aromatic rings. The van der Waals surface area contributed by atoms with Crippen molar-refractivity contribution in [2.45, 2.75) is 36.2 Å². The van der Waals surface area contributed by atoms with Crippen molar-refractivity contribution in [1.82, 2.24) is 14.8 Å². The van der Waals surface area contributed by atoms with Crippen LogP contribution in [0.15, 0.2) is 40.9 Å². The van der Waals surface area contributed by atoms with Crippen LogP contribution >= 0.6 is 23.1 Å². The minimum absolute atomic E-state index is 0.217. The number of rotatable bonds is 6. The Morgan fingerprint density at radius 3 is 2.78 bits per heavy atom. The Labute approximate surface area is 162 Å². The second-order valence-electron chi connectivity index (χ2n) is 6.26. The molecule has 1 fully saturated rings. The van der Waals surface area contributed by atoms with Gasteiger partial charge in [-0.15, -0.1) is 21.5 Å². The maximum absolute atomic E-state index is 13.3. The summed E-state index contributed by atoms with van der Waals surface area (Å²) in [6, 6.07) is 7.61. The van der Waals surface area contributed by atoms with E-state index in [1.807, 2.05) is 17.5 Å². The summed E-state index contributed by atoms with van der Waals surface area (Å²) in [5.74, 6) is -1.44. The van der Waals surface area contributed by atoms with E-state index in [-0.39, 0.29) is 11.6 Å². The van der Waals surface area contributed by atoms with E-state index in [9.17, 15) is 13.6 Å². The van der Waals surface area contributed by atoms with Crippen molar-refractivity contribution in [2.75, 3.05) is 5.32 Å². The molecule has 4 rings (SSSR count). The molecule has 0 unspecified atom stereocenters. The van der Waals surface area contributed by atoms with Gasteiger partial charge in [-0.2, -0.15) is 0 Å². The number of benzene rings is 1. The predicted octanol–water partition coefficient (Wildman–Crippen LogP) is 4.74. The topological polar surface area (TPSA) is 59.8 Å². The van der Waals surface area contributed by atoms with E-state index < -0.39 is 16.9 Å². The van der Waals surface area contributed by atoms with Crippen molar-refractivity contribution in [3.05, 3.63) is 47.3 Å². The van der Waals surface area contributed by atoms with Gasteiger partial charge in [-0.1, -0.05) is 17.8 Å². The van der Waals surface area contributed by atoms with Gasteiger partial charge in [0.2, 0.25) is 5.91 Å². The molecule has 1 aromatic carbocycles. The maximum atomic E-state index is 13.3. The Kier molecular flexibility index (Phi) is 4.96. The number of nitrogens with zero attached hydrogens (tertiary/aromatic N) is 3. The van der Waals surface area contributed by atoms with Gasteiger partial charge < -0.3 is 5.32 Å². The number of thiophene rings is 1. The lowest BCUT2D eigenvalue weighted by Gasteiger charge is -2.13. The van der Waals surface area contributed by atoms with Crippen molar-refractivity contribution >= 4 is 34.7 Å². The lowest BCUT2D eigenvalue weighted by atomic mass is 10.3. The summed E-state index contributed by atoms with van der Waals surface area (Å²) in [6.45, 7) is 1.75. The zero-order valence-electron chi connectivity index (χ0n) is 14.4. The van der Waals surface area contributed by atoms with Crippen LogP contribution in [0, 0.1) is 11.6 Å². The van der Waals surface area contributed by atoms with E-state index in [0.717, 1.165) is 35.7 Å². The molecule has 2 heterocycles. The van der Waals surface area contributed by atoms with Crippen LogP contribution in [0.1, 0.15) is 25.8 Å². The number of carbonyl (C=O) groups is 1. The number of halogens is 2. The molecule has 1 amide bonds. The Morgan fingerprint density at radius 2 is 2.11 bits per heavy atom. The largest absolute Gasteiger partial charge is 0.325 e. The number of thioether (sulfide) groups is 1. The normalized spacial score (nSPS) is 14.9. The highest BCUT2D eigenvalue weighted by Gasteiger charge is 2.31. The van der Waals surface area contributed by atoms with E-state index >= 15 is 0 Å². The number of hydrogen-bond donors (Lipinski definition) is 1. The molecule has 0 bridgehead atoms. The fourth-order valence-corrected chi connectivity index (χ4v) is 4.25. The molecule has 0 spiro atoms. The van der Waals surface area contributed by atoms with E-state index in [1.165, 1.54) is 17.8 Å². The van der Waals surface area contributed by atoms with Gasteiger partial charge in [0.15, 0.2) is 22.6 Å². The molecule has 1 aliphatic carbocycles. The third kappa shape index (κ3) is 3.89. The van der Waals surface area contributed by atoms with Gasteiger partial charge in [-0.3, -0.25) is 9.36 Å². The van der Waals surface area contributed by atoms with E-state index in [2.05, 4.69) is 20.1 Å². The van der Waals surface area contributed by atoms with Gasteiger partial charge in [0.25, 0.3) is 0 Å². The van der Waals surface area contributed by atoms with Crippen LogP contribution in [0.4, 0.5) is 14.5 Å². The Bertz CT molecular complexity index is 970. The zero-order valence-corrected chi connectivity index (χ0v) is 16.0. The number of nitrogens with one attached hydrogen (secondary N) is 1. The Morgan fingerprint density at radius 1 is 1.30 bits per heavy atom. The summed E-state index contributed by atoms with van der Waals surface area (Å²) in [7, 11) is 0. The number of hydrogen-bond acceptors (Lipinski definition) is 5. The highest BCUT2D eigenvalue weighted by atomic mass is 32.2. The highest BCUT2D eigenvalue weighted by Crippen LogP contribution is 2.42. The summed E-state index contributed by atoms with van der Waals surface area (Å²) in [5, 5.41) is 13.4. The summed E-state index contributed by atoms with van der Waals surface area (Å²) in [6.07, 6.45) is 2.14. The zero-order chi connectivity index (χ0) is 19.0. The molecule has 5 nitrogen and oxygen atoms in total. The Hall–Kier alpha value is -2.26. The molecule has 0 radical (unpaired) electrons. The molecule has 1 aliphatic rings. The molecular formula is C18H16F2N4OS2. The number of aromatic nitrogens is 3. The predicted molar refractivity (Wildman–Crippen MR) is 102 cm³/mol. The molecule has 1 saturated carbocycles. The Balaban J connectivity index is 1.50. The van der Waals surface area contributed by atoms with Crippen LogP contribution in [0.25, 0.3) is 10.7 Å². The summed E-state index contributed by atoms with van der Waals surface area (Å²) in [4.78, 5) is 13.5. The van der Waals surface area contributed by atoms with Gasteiger partial charge >= 0.3 is 0 Å². The van der Waals surface area contributed by atoms with Crippen molar-refractivity contribution < 1.29 is 13.6 Å². The molecule has 0 aliphatic heterocycles. The minimum atomic E-state index is -0.998. The monoisotopic (exact) mass is 406 g/mol. The number of amides is 1. The SMILES string of the molecule is C[C@H](Sc1nnc(-c2cccs2)n1C1CC1)C(=O)Nc1ccc(F)c(F)c1. The summed E-state index contributed by atoms with van der Waals surface area (Å²) < 4.78 is 28.4. The highest BCUT2D eigenvalue weighted by molar-refractivity contribution is 8.00. The second-order valence-corrected chi connectivity index (χ2v) is 8.52. The van der Waals surface area contributed by atoms with E-state index in [1.54, 1.807) is 18.3 Å². The molecule has 0 saturated heterocycles. The van der Waals surface area contributed by atoms with Crippen molar-refractivity contribution in [1.29, 1.82) is 0 Å².